The van der Waals surface area contributed by atoms with E-state index in [1.54, 1.807) is 0 Å². The van der Waals surface area contributed by atoms with Gasteiger partial charge < -0.3 is 0 Å². The molecule has 2 saturated heterocycles. The molecule has 0 aromatic carbocycles. The topological polar surface area (TPSA) is 43.4 Å². The number of nitrogens with zero attached hydrogens (tertiary/aromatic N) is 2. The molecular formula is C14H30N2O4Sn. The standard InChI is InChI=1S/2C7H15NO2.Sn/c2*1-3-8(4-5-9)6-7(2)10;/h2*7H,3-6H2,1-2H3;/q2*-2;+4. The first-order valence-electron chi connectivity index (χ1n) is 8.15. The summed E-state index contributed by atoms with van der Waals surface area (Å²) in [4.78, 5) is 4.68. The Hall–Kier alpha value is 0.559. The predicted molar refractivity (Wildman–Crippen MR) is 83.0 cm³/mol. The third-order valence-electron chi connectivity index (χ3n) is 3.99. The van der Waals surface area contributed by atoms with Crippen molar-refractivity contribution in [2.75, 3.05) is 52.5 Å². The van der Waals surface area contributed by atoms with Crippen LogP contribution < -0.4 is 0 Å². The summed E-state index contributed by atoms with van der Waals surface area (Å²) >= 11 is -3.85. The van der Waals surface area contributed by atoms with E-state index in [1.165, 1.54) is 0 Å². The predicted octanol–water partition coefficient (Wildman–Crippen LogP) is 0.936. The zero-order chi connectivity index (χ0) is 15.3. The molecule has 124 valence electrons. The Morgan fingerprint density at radius 2 is 1.29 bits per heavy atom. The van der Waals surface area contributed by atoms with Gasteiger partial charge in [-0.25, -0.2) is 0 Å². The van der Waals surface area contributed by atoms with Gasteiger partial charge in [-0.1, -0.05) is 0 Å². The molecule has 0 amide bonds. The van der Waals surface area contributed by atoms with Gasteiger partial charge in [0.2, 0.25) is 0 Å². The van der Waals surface area contributed by atoms with E-state index in [-0.39, 0.29) is 12.2 Å². The van der Waals surface area contributed by atoms with Crippen molar-refractivity contribution in [3.05, 3.63) is 0 Å². The molecule has 2 heterocycles. The molecule has 0 aromatic rings. The average Bonchev–Trinajstić information content (AvgIpc) is 2.41. The van der Waals surface area contributed by atoms with Crippen LogP contribution >= 0.6 is 0 Å². The van der Waals surface area contributed by atoms with Gasteiger partial charge in [-0.2, -0.15) is 0 Å². The van der Waals surface area contributed by atoms with Crippen LogP contribution in [0.2, 0.25) is 0 Å². The van der Waals surface area contributed by atoms with Crippen molar-refractivity contribution in [1.82, 2.24) is 9.80 Å². The van der Waals surface area contributed by atoms with Gasteiger partial charge in [0.15, 0.2) is 0 Å². The molecule has 6 nitrogen and oxygen atoms in total. The fraction of sp³-hybridized carbons (Fsp3) is 1.00. The summed E-state index contributed by atoms with van der Waals surface area (Å²) in [5.74, 6) is 0. The number of hydrogen-bond acceptors (Lipinski definition) is 6. The Morgan fingerprint density at radius 3 is 1.67 bits per heavy atom. The number of hydrogen-bond donors (Lipinski definition) is 0. The van der Waals surface area contributed by atoms with Crippen LogP contribution in [-0.4, -0.2) is 94.5 Å². The van der Waals surface area contributed by atoms with Crippen molar-refractivity contribution < 1.29 is 12.3 Å². The minimum atomic E-state index is -3.85. The van der Waals surface area contributed by atoms with E-state index >= 15 is 0 Å². The zero-order valence-corrected chi connectivity index (χ0v) is 16.7. The first-order chi connectivity index (χ1) is 10.1. The summed E-state index contributed by atoms with van der Waals surface area (Å²) in [6.07, 6.45) is 0.185. The molecule has 0 bridgehead atoms. The maximum atomic E-state index is 6.21. The molecule has 21 heavy (non-hydrogen) atoms. The van der Waals surface area contributed by atoms with Crippen LogP contribution in [0.3, 0.4) is 0 Å². The second-order valence-electron chi connectivity index (χ2n) is 5.84. The molecule has 2 aliphatic rings. The number of likely N-dealkylation sites (N-methyl/N-ethyl adjacent to an activating group) is 2. The van der Waals surface area contributed by atoms with Gasteiger partial charge in [0.25, 0.3) is 0 Å². The molecule has 1 spiro atoms. The van der Waals surface area contributed by atoms with Gasteiger partial charge in [0.05, 0.1) is 0 Å². The van der Waals surface area contributed by atoms with Crippen molar-refractivity contribution in [2.45, 2.75) is 39.9 Å². The monoisotopic (exact) mass is 410 g/mol. The van der Waals surface area contributed by atoms with E-state index in [1.807, 2.05) is 0 Å². The maximum absolute atomic E-state index is 6.21. The Balaban J connectivity index is 2.02. The van der Waals surface area contributed by atoms with Crippen molar-refractivity contribution in [2.24, 2.45) is 0 Å². The third kappa shape index (κ3) is 5.30. The molecule has 7 heteroatoms. The van der Waals surface area contributed by atoms with Crippen LogP contribution in [0.4, 0.5) is 0 Å². The quantitative estimate of drug-likeness (QED) is 0.633. The van der Waals surface area contributed by atoms with Gasteiger partial charge in [0, 0.05) is 0 Å². The van der Waals surface area contributed by atoms with Crippen LogP contribution in [0, 0.1) is 0 Å². The SMILES string of the molecule is CCN1CC[O][Sn]2([O]CCN(CC)CC(C)[O]2)[O]C(C)C1. The normalized spacial score (nSPS) is 37.7. The molecule has 0 radical (unpaired) electrons. The van der Waals surface area contributed by atoms with Gasteiger partial charge in [-0.05, 0) is 0 Å². The van der Waals surface area contributed by atoms with Crippen molar-refractivity contribution in [3.8, 4) is 0 Å². The summed E-state index contributed by atoms with van der Waals surface area (Å²) in [6.45, 7) is 15.5. The number of rotatable bonds is 2. The molecule has 2 aliphatic heterocycles. The Labute approximate surface area is 134 Å². The average molecular weight is 409 g/mol. The van der Waals surface area contributed by atoms with E-state index in [0.717, 1.165) is 39.3 Å². The zero-order valence-electron chi connectivity index (χ0n) is 13.8. The molecule has 2 rings (SSSR count). The van der Waals surface area contributed by atoms with Gasteiger partial charge in [0.1, 0.15) is 0 Å². The molecule has 0 aliphatic carbocycles. The van der Waals surface area contributed by atoms with Crippen LogP contribution in [0.5, 0.6) is 0 Å². The second kappa shape index (κ2) is 8.42. The summed E-state index contributed by atoms with van der Waals surface area (Å²) in [6, 6.07) is 0. The first kappa shape index (κ1) is 17.9. The molecule has 2 unspecified atom stereocenters. The minimum absolute atomic E-state index is 0.0926. The summed E-state index contributed by atoms with van der Waals surface area (Å²) in [7, 11) is 0. The molecule has 2 atom stereocenters. The fourth-order valence-electron chi connectivity index (χ4n) is 2.86. The Kier molecular flexibility index (Phi) is 7.18. The van der Waals surface area contributed by atoms with Gasteiger partial charge in [-0.15, -0.1) is 0 Å². The third-order valence-corrected chi connectivity index (χ3v) is 11.1. The van der Waals surface area contributed by atoms with Crippen molar-refractivity contribution in [3.63, 3.8) is 0 Å². The molecule has 0 N–H and O–H groups in total. The summed E-state index contributed by atoms with van der Waals surface area (Å²) in [5, 5.41) is 0. The molecule has 0 saturated carbocycles. The van der Waals surface area contributed by atoms with Gasteiger partial charge >= 0.3 is 135 Å². The fourth-order valence-corrected chi connectivity index (χ4v) is 9.22. The van der Waals surface area contributed by atoms with Crippen LogP contribution in [-0.2, 0) is 12.3 Å². The van der Waals surface area contributed by atoms with E-state index in [2.05, 4.69) is 37.5 Å². The van der Waals surface area contributed by atoms with E-state index in [0.29, 0.717) is 13.2 Å². The van der Waals surface area contributed by atoms with Crippen molar-refractivity contribution in [1.29, 1.82) is 0 Å². The van der Waals surface area contributed by atoms with E-state index < -0.39 is 20.0 Å². The summed E-state index contributed by atoms with van der Waals surface area (Å²) < 4.78 is 24.6. The molecule has 2 fully saturated rings. The van der Waals surface area contributed by atoms with Crippen LogP contribution in [0.1, 0.15) is 27.7 Å². The Morgan fingerprint density at radius 1 is 0.857 bits per heavy atom. The van der Waals surface area contributed by atoms with Gasteiger partial charge in [-0.3, -0.25) is 0 Å². The van der Waals surface area contributed by atoms with E-state index in [4.69, 9.17) is 12.3 Å². The molecular weight excluding hydrogens is 379 g/mol. The van der Waals surface area contributed by atoms with Crippen LogP contribution in [0.15, 0.2) is 0 Å². The van der Waals surface area contributed by atoms with Crippen LogP contribution in [0.25, 0.3) is 0 Å². The first-order valence-corrected chi connectivity index (χ1v) is 12.8. The Bertz CT molecular complexity index is 291. The van der Waals surface area contributed by atoms with Crippen molar-refractivity contribution >= 4 is 20.0 Å². The second-order valence-corrected chi connectivity index (χ2v) is 11.7. The van der Waals surface area contributed by atoms with E-state index in [9.17, 15) is 0 Å². The summed E-state index contributed by atoms with van der Waals surface area (Å²) in [5.41, 5.74) is 0. The molecule has 0 aromatic heterocycles.